The molecule has 2 N–H and O–H groups in total. The number of amides is 2. The lowest BCUT2D eigenvalue weighted by Gasteiger charge is -2.56. The lowest BCUT2D eigenvalue weighted by molar-refractivity contribution is -0.0136. The molecule has 0 aliphatic heterocycles. The van der Waals surface area contributed by atoms with E-state index in [4.69, 9.17) is 10.2 Å². The highest BCUT2D eigenvalue weighted by atomic mass is 32.2. The molecule has 2 amide bonds. The number of nitrogens with one attached hydrogen (secondary N) is 2. The van der Waals surface area contributed by atoms with Gasteiger partial charge < -0.3 is 10.6 Å². The number of hydrogen-bond acceptors (Lipinski definition) is 4. The SMILES string of the molecule is Cc1ccc(-n2c(SCc3cccc(C)c3)nnc2C(Cc2ccccc2)NC(=O)NC23CC4CC(CC(C4)C2)C3)cc1. The summed E-state index contributed by atoms with van der Waals surface area (Å²) in [6, 6.07) is 27.0. The van der Waals surface area contributed by atoms with Gasteiger partial charge in [0.15, 0.2) is 11.0 Å². The Kier molecular flexibility index (Phi) is 7.76. The van der Waals surface area contributed by atoms with Gasteiger partial charge >= 0.3 is 6.03 Å². The summed E-state index contributed by atoms with van der Waals surface area (Å²) in [5.41, 5.74) is 5.78. The normalized spacial score (nSPS) is 24.6. The van der Waals surface area contributed by atoms with Crippen LogP contribution in [0.25, 0.3) is 5.69 Å². The van der Waals surface area contributed by atoms with Crippen molar-refractivity contribution in [1.82, 2.24) is 25.4 Å². The van der Waals surface area contributed by atoms with Gasteiger partial charge in [0, 0.05) is 23.4 Å². The van der Waals surface area contributed by atoms with E-state index >= 15 is 0 Å². The molecule has 1 heterocycles. The first-order valence-corrected chi connectivity index (χ1v) is 16.7. The van der Waals surface area contributed by atoms with Crippen LogP contribution in [0.2, 0.25) is 0 Å². The second-order valence-electron chi connectivity index (χ2n) is 13.3. The van der Waals surface area contributed by atoms with Gasteiger partial charge in [-0.15, -0.1) is 10.2 Å². The number of aromatic nitrogens is 3. The summed E-state index contributed by atoms with van der Waals surface area (Å²) >= 11 is 1.68. The van der Waals surface area contributed by atoms with Gasteiger partial charge in [0.2, 0.25) is 0 Å². The highest BCUT2D eigenvalue weighted by Crippen LogP contribution is 2.55. The number of carbonyl (C=O) groups excluding carboxylic acids is 1. The van der Waals surface area contributed by atoms with E-state index in [9.17, 15) is 4.79 Å². The Bertz CT molecular complexity index is 1550. The van der Waals surface area contributed by atoms with E-state index in [-0.39, 0.29) is 17.6 Å². The van der Waals surface area contributed by atoms with Crippen molar-refractivity contribution in [2.75, 3.05) is 0 Å². The molecule has 4 aliphatic carbocycles. The molecule has 0 radical (unpaired) electrons. The molecular formula is C36H41N5OS. The minimum absolute atomic E-state index is 0.0599. The van der Waals surface area contributed by atoms with Crippen molar-refractivity contribution in [2.24, 2.45) is 17.8 Å². The van der Waals surface area contributed by atoms with Gasteiger partial charge in [-0.05, 0) is 93.4 Å². The van der Waals surface area contributed by atoms with E-state index in [2.05, 4.69) is 102 Å². The van der Waals surface area contributed by atoms with Crippen LogP contribution < -0.4 is 10.6 Å². The lowest BCUT2D eigenvalue weighted by Crippen LogP contribution is -2.61. The molecule has 4 saturated carbocycles. The van der Waals surface area contributed by atoms with Gasteiger partial charge in [-0.25, -0.2) is 4.79 Å². The molecule has 0 saturated heterocycles. The molecule has 4 aromatic rings. The topological polar surface area (TPSA) is 71.8 Å². The minimum Gasteiger partial charge on any atom is -0.333 e. The number of thioether (sulfide) groups is 1. The molecule has 1 unspecified atom stereocenters. The quantitative estimate of drug-likeness (QED) is 0.196. The van der Waals surface area contributed by atoms with Crippen LogP contribution in [0.1, 0.15) is 72.6 Å². The van der Waals surface area contributed by atoms with Crippen LogP contribution in [-0.4, -0.2) is 26.3 Å². The second kappa shape index (κ2) is 11.8. The second-order valence-corrected chi connectivity index (χ2v) is 14.3. The summed E-state index contributed by atoms with van der Waals surface area (Å²) in [6.07, 6.45) is 8.03. The number of aryl methyl sites for hydroxylation is 2. The first-order chi connectivity index (χ1) is 20.9. The van der Waals surface area contributed by atoms with Crippen LogP contribution in [-0.2, 0) is 12.2 Å². The van der Waals surface area contributed by atoms with Crippen LogP contribution in [0.5, 0.6) is 0 Å². The fourth-order valence-corrected chi connectivity index (χ4v) is 9.14. The van der Waals surface area contributed by atoms with E-state index in [1.165, 1.54) is 36.0 Å². The number of nitrogens with zero attached hydrogens (tertiary/aromatic N) is 3. The third-order valence-electron chi connectivity index (χ3n) is 9.72. The number of urea groups is 1. The highest BCUT2D eigenvalue weighted by Gasteiger charge is 2.51. The van der Waals surface area contributed by atoms with Gasteiger partial charge in [-0.1, -0.05) is 89.6 Å². The van der Waals surface area contributed by atoms with Crippen molar-refractivity contribution >= 4 is 17.8 Å². The molecular weight excluding hydrogens is 550 g/mol. The van der Waals surface area contributed by atoms with Crippen LogP contribution in [0.4, 0.5) is 4.79 Å². The Morgan fingerprint density at radius 1 is 0.860 bits per heavy atom. The molecule has 4 bridgehead atoms. The first kappa shape index (κ1) is 28.2. The molecule has 3 aromatic carbocycles. The van der Waals surface area contributed by atoms with Crippen molar-refractivity contribution in [3.8, 4) is 5.69 Å². The zero-order valence-electron chi connectivity index (χ0n) is 25.1. The van der Waals surface area contributed by atoms with E-state index in [1.807, 2.05) is 6.07 Å². The summed E-state index contributed by atoms with van der Waals surface area (Å²) in [4.78, 5) is 13.9. The predicted molar refractivity (Wildman–Crippen MR) is 172 cm³/mol. The van der Waals surface area contributed by atoms with Crippen molar-refractivity contribution in [2.45, 2.75) is 81.3 Å². The fraction of sp³-hybridized carbons (Fsp3) is 0.417. The van der Waals surface area contributed by atoms with Crippen LogP contribution >= 0.6 is 11.8 Å². The Morgan fingerprint density at radius 2 is 1.53 bits per heavy atom. The van der Waals surface area contributed by atoms with Crippen molar-refractivity contribution < 1.29 is 4.79 Å². The van der Waals surface area contributed by atoms with E-state index in [0.717, 1.165) is 65.0 Å². The number of hydrogen-bond donors (Lipinski definition) is 2. The predicted octanol–water partition coefficient (Wildman–Crippen LogP) is 7.73. The number of rotatable bonds is 9. The average Bonchev–Trinajstić information content (AvgIpc) is 3.40. The molecule has 1 atom stereocenters. The average molecular weight is 592 g/mol. The largest absolute Gasteiger partial charge is 0.333 e. The molecule has 4 aliphatic rings. The molecule has 222 valence electrons. The molecule has 7 heteroatoms. The van der Waals surface area contributed by atoms with E-state index < -0.39 is 0 Å². The molecule has 0 spiro atoms. The summed E-state index contributed by atoms with van der Waals surface area (Å²) in [5, 5.41) is 17.2. The van der Waals surface area contributed by atoms with E-state index in [1.54, 1.807) is 11.8 Å². The first-order valence-electron chi connectivity index (χ1n) is 15.7. The highest BCUT2D eigenvalue weighted by molar-refractivity contribution is 7.98. The molecule has 43 heavy (non-hydrogen) atoms. The number of benzene rings is 3. The molecule has 1 aromatic heterocycles. The maximum atomic E-state index is 13.9. The summed E-state index contributed by atoms with van der Waals surface area (Å²) in [6.45, 7) is 4.22. The Morgan fingerprint density at radius 3 is 2.21 bits per heavy atom. The summed E-state index contributed by atoms with van der Waals surface area (Å²) < 4.78 is 2.14. The summed E-state index contributed by atoms with van der Waals surface area (Å²) in [5.74, 6) is 3.84. The maximum absolute atomic E-state index is 13.9. The Hall–Kier alpha value is -3.58. The lowest BCUT2D eigenvalue weighted by atomic mass is 9.53. The third kappa shape index (κ3) is 6.23. The minimum atomic E-state index is -0.349. The van der Waals surface area contributed by atoms with Gasteiger partial charge in [-0.3, -0.25) is 4.57 Å². The fourth-order valence-electron chi connectivity index (χ4n) is 8.24. The molecule has 4 fully saturated rings. The van der Waals surface area contributed by atoms with Gasteiger partial charge in [0.25, 0.3) is 0 Å². The van der Waals surface area contributed by atoms with Gasteiger partial charge in [0.1, 0.15) is 0 Å². The standard InChI is InChI=1S/C36H41N5OS/c1-24-11-13-31(14-12-24)41-33(39-40-35(41)43-23-27-10-6-7-25(2)15-27)32(19-26-8-4-3-5-9-26)37-34(42)38-36-20-28-16-29(21-36)18-30(17-28)22-36/h3-15,28-30,32H,16-23H2,1-2H3,(H2,37,38,42). The Balaban J connectivity index is 1.20. The zero-order valence-corrected chi connectivity index (χ0v) is 25.9. The maximum Gasteiger partial charge on any atom is 0.315 e. The Labute approximate surface area is 259 Å². The van der Waals surface area contributed by atoms with Crippen LogP contribution in [0, 0.1) is 31.6 Å². The van der Waals surface area contributed by atoms with Gasteiger partial charge in [0.05, 0.1) is 6.04 Å². The van der Waals surface area contributed by atoms with Crippen molar-refractivity contribution in [3.63, 3.8) is 0 Å². The van der Waals surface area contributed by atoms with Crippen molar-refractivity contribution in [3.05, 3.63) is 107 Å². The molecule has 8 rings (SSSR count). The monoisotopic (exact) mass is 591 g/mol. The number of carbonyl (C=O) groups is 1. The zero-order chi connectivity index (χ0) is 29.4. The summed E-state index contributed by atoms with van der Waals surface area (Å²) in [7, 11) is 0. The van der Waals surface area contributed by atoms with Gasteiger partial charge in [-0.2, -0.15) is 0 Å². The smallest absolute Gasteiger partial charge is 0.315 e. The van der Waals surface area contributed by atoms with Crippen molar-refractivity contribution in [1.29, 1.82) is 0 Å². The molecule has 6 nitrogen and oxygen atoms in total. The van der Waals surface area contributed by atoms with Crippen LogP contribution in [0.3, 0.4) is 0 Å². The third-order valence-corrected chi connectivity index (χ3v) is 10.7. The van der Waals surface area contributed by atoms with E-state index in [0.29, 0.717) is 6.42 Å². The van der Waals surface area contributed by atoms with Crippen LogP contribution in [0.15, 0.2) is 84.0 Å².